The molecule has 1 aromatic rings. The van der Waals surface area contributed by atoms with Crippen LogP contribution in [0, 0.1) is 0 Å². The standard InChI is InChI=1S/C13H12ClF3N2O2S/c14-9-4-2-1-3-8(9)12(21)19-7-22-5-10(19)11(20)18-6-13(15,16)17/h1-4,10H,5-7H2,(H,18,20)/t10-/m1/s1. The maximum atomic E-state index is 12.4. The Morgan fingerprint density at radius 1 is 1.36 bits per heavy atom. The topological polar surface area (TPSA) is 49.4 Å². The number of halogens is 4. The highest BCUT2D eigenvalue weighted by molar-refractivity contribution is 7.99. The van der Waals surface area contributed by atoms with Gasteiger partial charge in [0.05, 0.1) is 16.5 Å². The van der Waals surface area contributed by atoms with Crippen LogP contribution in [0.2, 0.25) is 5.02 Å². The molecular weight excluding hydrogens is 341 g/mol. The normalized spacial score (nSPS) is 18.4. The van der Waals surface area contributed by atoms with Crippen molar-refractivity contribution in [1.29, 1.82) is 0 Å². The average molecular weight is 353 g/mol. The van der Waals surface area contributed by atoms with E-state index in [4.69, 9.17) is 11.6 Å². The molecule has 0 saturated carbocycles. The Labute approximate surface area is 134 Å². The second-order valence-electron chi connectivity index (χ2n) is 4.60. The summed E-state index contributed by atoms with van der Waals surface area (Å²) < 4.78 is 36.5. The molecule has 1 heterocycles. The first-order valence-electron chi connectivity index (χ1n) is 6.27. The Bertz CT molecular complexity index is 583. The second kappa shape index (κ2) is 6.78. The molecule has 2 amide bonds. The van der Waals surface area contributed by atoms with Crippen LogP contribution in [-0.4, -0.2) is 47.1 Å². The molecule has 9 heteroatoms. The number of alkyl halides is 3. The average Bonchev–Trinajstić information content (AvgIpc) is 2.93. The number of carbonyl (C=O) groups is 2. The maximum absolute atomic E-state index is 12.4. The van der Waals surface area contributed by atoms with Crippen molar-refractivity contribution in [1.82, 2.24) is 10.2 Å². The molecule has 0 unspecified atom stereocenters. The molecule has 1 aliphatic rings. The van der Waals surface area contributed by atoms with Gasteiger partial charge in [-0.1, -0.05) is 23.7 Å². The molecule has 0 aromatic heterocycles. The van der Waals surface area contributed by atoms with Gasteiger partial charge in [-0.3, -0.25) is 9.59 Å². The van der Waals surface area contributed by atoms with E-state index in [1.165, 1.54) is 28.8 Å². The molecular formula is C13H12ClF3N2O2S. The summed E-state index contributed by atoms with van der Waals surface area (Å²) in [4.78, 5) is 25.5. The van der Waals surface area contributed by atoms with E-state index in [2.05, 4.69) is 0 Å². The van der Waals surface area contributed by atoms with Crippen LogP contribution in [0.5, 0.6) is 0 Å². The molecule has 1 N–H and O–H groups in total. The minimum Gasteiger partial charge on any atom is -0.345 e. The van der Waals surface area contributed by atoms with Gasteiger partial charge in [0, 0.05) is 5.75 Å². The quantitative estimate of drug-likeness (QED) is 0.909. The zero-order valence-electron chi connectivity index (χ0n) is 11.2. The Morgan fingerprint density at radius 3 is 2.68 bits per heavy atom. The van der Waals surface area contributed by atoms with Crippen molar-refractivity contribution in [2.75, 3.05) is 18.2 Å². The minimum atomic E-state index is -4.49. The van der Waals surface area contributed by atoms with Gasteiger partial charge in [0.15, 0.2) is 0 Å². The zero-order chi connectivity index (χ0) is 16.3. The molecule has 22 heavy (non-hydrogen) atoms. The van der Waals surface area contributed by atoms with E-state index < -0.39 is 30.6 Å². The molecule has 0 aliphatic carbocycles. The van der Waals surface area contributed by atoms with Gasteiger partial charge in [-0.2, -0.15) is 13.2 Å². The molecule has 0 spiro atoms. The van der Waals surface area contributed by atoms with E-state index in [-0.39, 0.29) is 22.2 Å². The highest BCUT2D eigenvalue weighted by atomic mass is 35.5. The van der Waals surface area contributed by atoms with Crippen LogP contribution in [-0.2, 0) is 4.79 Å². The largest absolute Gasteiger partial charge is 0.405 e. The van der Waals surface area contributed by atoms with Crippen molar-refractivity contribution < 1.29 is 22.8 Å². The fraction of sp³-hybridized carbons (Fsp3) is 0.385. The van der Waals surface area contributed by atoms with Crippen LogP contribution in [0.3, 0.4) is 0 Å². The van der Waals surface area contributed by atoms with Crippen molar-refractivity contribution >= 4 is 35.2 Å². The summed E-state index contributed by atoms with van der Waals surface area (Å²) in [5, 5.41) is 2.05. The van der Waals surface area contributed by atoms with E-state index in [1.54, 1.807) is 12.1 Å². The first-order chi connectivity index (χ1) is 10.3. The summed E-state index contributed by atoms with van der Waals surface area (Å²) in [5.74, 6) is -0.806. The third kappa shape index (κ3) is 4.07. The number of rotatable bonds is 3. The number of nitrogens with one attached hydrogen (secondary N) is 1. The van der Waals surface area contributed by atoms with E-state index in [1.807, 2.05) is 5.32 Å². The van der Waals surface area contributed by atoms with Gasteiger partial charge in [-0.15, -0.1) is 11.8 Å². The molecule has 1 atom stereocenters. The molecule has 0 radical (unpaired) electrons. The summed E-state index contributed by atoms with van der Waals surface area (Å²) in [5.41, 5.74) is 0.222. The molecule has 1 saturated heterocycles. The predicted octanol–water partition coefficient (Wildman–Crippen LogP) is 2.53. The lowest BCUT2D eigenvalue weighted by Gasteiger charge is -2.23. The molecule has 120 valence electrons. The Hall–Kier alpha value is -1.41. The molecule has 4 nitrogen and oxygen atoms in total. The van der Waals surface area contributed by atoms with Crippen LogP contribution >= 0.6 is 23.4 Å². The highest BCUT2D eigenvalue weighted by Crippen LogP contribution is 2.26. The number of benzene rings is 1. The van der Waals surface area contributed by atoms with Crippen molar-refractivity contribution in [3.63, 3.8) is 0 Å². The van der Waals surface area contributed by atoms with Gasteiger partial charge in [0.2, 0.25) is 5.91 Å². The SMILES string of the molecule is O=C(NCC(F)(F)F)[C@H]1CSCN1C(=O)c1ccccc1Cl. The Kier molecular flexibility index (Phi) is 5.23. The summed E-state index contributed by atoms with van der Waals surface area (Å²) in [6.45, 7) is -1.42. The van der Waals surface area contributed by atoms with Crippen LogP contribution in [0.4, 0.5) is 13.2 Å². The molecule has 1 aromatic carbocycles. The van der Waals surface area contributed by atoms with Gasteiger partial charge in [0.25, 0.3) is 5.91 Å². The lowest BCUT2D eigenvalue weighted by molar-refractivity contribution is -0.140. The maximum Gasteiger partial charge on any atom is 0.405 e. The highest BCUT2D eigenvalue weighted by Gasteiger charge is 2.37. The third-order valence-corrected chi connectivity index (χ3v) is 4.35. The Morgan fingerprint density at radius 2 is 2.05 bits per heavy atom. The number of hydrogen-bond acceptors (Lipinski definition) is 3. The number of thioether (sulfide) groups is 1. The van der Waals surface area contributed by atoms with Crippen molar-refractivity contribution in [2.45, 2.75) is 12.2 Å². The van der Waals surface area contributed by atoms with E-state index in [0.717, 1.165) is 0 Å². The summed E-state index contributed by atoms with van der Waals surface area (Å²) in [6.07, 6.45) is -4.49. The number of hydrogen-bond donors (Lipinski definition) is 1. The Balaban J connectivity index is 2.09. The first kappa shape index (κ1) is 17.0. The predicted molar refractivity (Wildman–Crippen MR) is 77.8 cm³/mol. The van der Waals surface area contributed by atoms with Gasteiger partial charge >= 0.3 is 6.18 Å². The number of amides is 2. The van der Waals surface area contributed by atoms with Gasteiger partial charge in [0.1, 0.15) is 12.6 Å². The van der Waals surface area contributed by atoms with Crippen molar-refractivity contribution in [3.8, 4) is 0 Å². The minimum absolute atomic E-state index is 0.222. The van der Waals surface area contributed by atoms with Gasteiger partial charge in [-0.05, 0) is 12.1 Å². The van der Waals surface area contributed by atoms with Crippen molar-refractivity contribution in [2.24, 2.45) is 0 Å². The molecule has 0 bridgehead atoms. The monoisotopic (exact) mass is 352 g/mol. The fourth-order valence-corrected chi connectivity index (χ4v) is 3.32. The summed E-state index contributed by atoms with van der Waals surface area (Å²) in [6, 6.07) is 5.40. The van der Waals surface area contributed by atoms with E-state index in [0.29, 0.717) is 0 Å². The molecule has 1 aliphatic heterocycles. The summed E-state index contributed by atoms with van der Waals surface area (Å²) >= 11 is 7.24. The van der Waals surface area contributed by atoms with Gasteiger partial charge < -0.3 is 10.2 Å². The van der Waals surface area contributed by atoms with Crippen LogP contribution in [0.15, 0.2) is 24.3 Å². The molecule has 1 fully saturated rings. The fourth-order valence-electron chi connectivity index (χ4n) is 1.95. The van der Waals surface area contributed by atoms with E-state index >= 15 is 0 Å². The number of nitrogens with zero attached hydrogens (tertiary/aromatic N) is 1. The zero-order valence-corrected chi connectivity index (χ0v) is 12.8. The smallest absolute Gasteiger partial charge is 0.345 e. The lowest BCUT2D eigenvalue weighted by atomic mass is 10.1. The van der Waals surface area contributed by atoms with Crippen LogP contribution in [0.1, 0.15) is 10.4 Å². The van der Waals surface area contributed by atoms with Gasteiger partial charge in [-0.25, -0.2) is 0 Å². The number of carbonyl (C=O) groups excluding carboxylic acids is 2. The van der Waals surface area contributed by atoms with E-state index in [9.17, 15) is 22.8 Å². The van der Waals surface area contributed by atoms with Crippen molar-refractivity contribution in [3.05, 3.63) is 34.9 Å². The third-order valence-electron chi connectivity index (χ3n) is 3.01. The van der Waals surface area contributed by atoms with Crippen LogP contribution in [0.25, 0.3) is 0 Å². The second-order valence-corrected chi connectivity index (χ2v) is 6.01. The first-order valence-corrected chi connectivity index (χ1v) is 7.80. The lowest BCUT2D eigenvalue weighted by Crippen LogP contribution is -2.49. The van der Waals surface area contributed by atoms with Crippen LogP contribution < -0.4 is 5.32 Å². The molecule has 2 rings (SSSR count). The summed E-state index contributed by atoms with van der Waals surface area (Å²) in [7, 11) is 0.